The van der Waals surface area contributed by atoms with Gasteiger partial charge in [0.2, 0.25) is 0 Å². The average molecular weight is 285 g/mol. The van der Waals surface area contributed by atoms with Gasteiger partial charge in [0, 0.05) is 23.9 Å². The maximum Gasteiger partial charge on any atom is 0.335 e. The van der Waals surface area contributed by atoms with Gasteiger partial charge in [0.1, 0.15) is 6.10 Å². The summed E-state index contributed by atoms with van der Waals surface area (Å²) < 4.78 is 0. The maximum atomic E-state index is 10.8. The van der Waals surface area contributed by atoms with Gasteiger partial charge < -0.3 is 21.1 Å². The van der Waals surface area contributed by atoms with Gasteiger partial charge in [-0.3, -0.25) is 4.79 Å². The predicted octanol–water partition coefficient (Wildman–Crippen LogP) is 0.641. The molecule has 0 amide bonds. The second kappa shape index (κ2) is 6.55. The fourth-order valence-electron chi connectivity index (χ4n) is 1.48. The van der Waals surface area contributed by atoms with Crippen LogP contribution in [0.1, 0.15) is 28.9 Å². The second-order valence-corrected chi connectivity index (χ2v) is 5.16. The smallest absolute Gasteiger partial charge is 0.335 e. The maximum absolute atomic E-state index is 10.8. The molecule has 6 nitrogen and oxygen atoms in total. The predicted molar refractivity (Wildman–Crippen MR) is 71.9 cm³/mol. The van der Waals surface area contributed by atoms with E-state index in [9.17, 15) is 19.8 Å². The molecular weight excluding hydrogens is 270 g/mol. The van der Waals surface area contributed by atoms with Gasteiger partial charge in [-0.05, 0) is 12.1 Å². The summed E-state index contributed by atoms with van der Waals surface area (Å²) in [7, 11) is 0. The third kappa shape index (κ3) is 4.23. The van der Waals surface area contributed by atoms with Crippen molar-refractivity contribution in [2.24, 2.45) is 0 Å². The highest BCUT2D eigenvalue weighted by Gasteiger charge is 2.21. The molecule has 0 aliphatic rings. The van der Waals surface area contributed by atoms with Gasteiger partial charge in [0.05, 0.1) is 11.7 Å². The molecule has 2 atom stereocenters. The van der Waals surface area contributed by atoms with E-state index in [-0.39, 0.29) is 27.7 Å². The average Bonchev–Trinajstić information content (AvgIpc) is 2.34. The third-order valence-electron chi connectivity index (χ3n) is 2.47. The number of aliphatic hydroxyl groups is 2. The van der Waals surface area contributed by atoms with Crippen molar-refractivity contribution in [3.63, 3.8) is 0 Å². The highest BCUT2D eigenvalue weighted by atomic mass is 32.2. The molecule has 0 radical (unpaired) electrons. The number of carbonyl (C=O) groups excluding carboxylic acids is 1. The number of carbonyl (C=O) groups is 2. The summed E-state index contributed by atoms with van der Waals surface area (Å²) in [5, 5.41) is 28.3. The summed E-state index contributed by atoms with van der Waals surface area (Å²) in [6, 6.07) is 3.86. The lowest BCUT2D eigenvalue weighted by atomic mass is 10.0. The van der Waals surface area contributed by atoms with Crippen molar-refractivity contribution in [1.82, 2.24) is 0 Å². The van der Waals surface area contributed by atoms with Gasteiger partial charge in [-0.2, -0.15) is 0 Å². The number of anilines is 1. The van der Waals surface area contributed by atoms with Crippen molar-refractivity contribution in [3.05, 3.63) is 29.3 Å². The van der Waals surface area contributed by atoms with Gasteiger partial charge in [0.25, 0.3) is 0 Å². The number of benzene rings is 1. The standard InChI is InChI=1S/C12H15NO5S/c1-6(14)19-5-10(15)11(16)8-3-2-7(12(17)18)4-9(8)13/h2-4,10-11,15-16H,5,13H2,1H3,(H,17,18). The first-order valence-corrected chi connectivity index (χ1v) is 6.43. The lowest BCUT2D eigenvalue weighted by molar-refractivity contribution is -0.109. The molecule has 0 saturated carbocycles. The van der Waals surface area contributed by atoms with Crippen molar-refractivity contribution >= 4 is 28.5 Å². The van der Waals surface area contributed by atoms with Gasteiger partial charge >= 0.3 is 5.97 Å². The van der Waals surface area contributed by atoms with E-state index in [1.165, 1.54) is 25.1 Å². The van der Waals surface area contributed by atoms with E-state index < -0.39 is 18.2 Å². The van der Waals surface area contributed by atoms with Crippen LogP contribution in [0.2, 0.25) is 0 Å². The Balaban J connectivity index is 2.84. The molecular formula is C12H15NO5S. The van der Waals surface area contributed by atoms with Crippen LogP contribution in [0.4, 0.5) is 5.69 Å². The number of aliphatic hydroxyl groups excluding tert-OH is 2. The number of carboxylic acids is 1. The first-order chi connectivity index (χ1) is 8.82. The molecule has 2 unspecified atom stereocenters. The molecule has 0 saturated heterocycles. The molecule has 0 aliphatic heterocycles. The lowest BCUT2D eigenvalue weighted by Crippen LogP contribution is -2.22. The topological polar surface area (TPSA) is 121 Å². The zero-order chi connectivity index (χ0) is 14.6. The van der Waals surface area contributed by atoms with Crippen LogP contribution in [0.5, 0.6) is 0 Å². The SMILES string of the molecule is CC(=O)SCC(O)C(O)c1ccc(C(=O)O)cc1N. The van der Waals surface area contributed by atoms with Crippen LogP contribution in [-0.2, 0) is 4.79 Å². The van der Waals surface area contributed by atoms with E-state index in [2.05, 4.69) is 0 Å². The van der Waals surface area contributed by atoms with Crippen LogP contribution in [0, 0.1) is 0 Å². The summed E-state index contributed by atoms with van der Waals surface area (Å²) >= 11 is 0.892. The number of hydrogen-bond donors (Lipinski definition) is 4. The van der Waals surface area contributed by atoms with Crippen LogP contribution < -0.4 is 5.73 Å². The van der Waals surface area contributed by atoms with Gasteiger partial charge in [0.15, 0.2) is 5.12 Å². The number of rotatable bonds is 5. The van der Waals surface area contributed by atoms with E-state index in [1.807, 2.05) is 0 Å². The normalized spacial score (nSPS) is 13.8. The first-order valence-electron chi connectivity index (χ1n) is 5.45. The molecule has 0 aliphatic carbocycles. The summed E-state index contributed by atoms with van der Waals surface area (Å²) in [4.78, 5) is 21.5. The Morgan fingerprint density at radius 1 is 1.37 bits per heavy atom. The molecule has 19 heavy (non-hydrogen) atoms. The number of carboxylic acid groups (broad SMARTS) is 1. The van der Waals surface area contributed by atoms with Crippen molar-refractivity contribution in [1.29, 1.82) is 0 Å². The Morgan fingerprint density at radius 2 is 2.00 bits per heavy atom. The van der Waals surface area contributed by atoms with Gasteiger partial charge in [-0.25, -0.2) is 4.79 Å². The Bertz CT molecular complexity index is 491. The number of nitrogen functional groups attached to an aromatic ring is 1. The third-order valence-corrected chi connectivity index (χ3v) is 3.39. The van der Waals surface area contributed by atoms with E-state index in [1.54, 1.807) is 0 Å². The monoisotopic (exact) mass is 285 g/mol. The molecule has 1 aromatic carbocycles. The van der Waals surface area contributed by atoms with Crippen LogP contribution in [-0.4, -0.2) is 38.3 Å². The zero-order valence-corrected chi connectivity index (χ0v) is 11.1. The van der Waals surface area contributed by atoms with E-state index >= 15 is 0 Å². The van der Waals surface area contributed by atoms with Crippen molar-refractivity contribution in [3.8, 4) is 0 Å². The molecule has 0 spiro atoms. The van der Waals surface area contributed by atoms with Crippen LogP contribution >= 0.6 is 11.8 Å². The molecule has 0 aromatic heterocycles. The number of aromatic carboxylic acids is 1. The van der Waals surface area contributed by atoms with Crippen LogP contribution in [0.3, 0.4) is 0 Å². The summed E-state index contributed by atoms with van der Waals surface area (Å²) in [6.07, 6.45) is -2.43. The van der Waals surface area contributed by atoms with E-state index in [0.717, 1.165) is 11.8 Å². The Morgan fingerprint density at radius 3 is 2.47 bits per heavy atom. The largest absolute Gasteiger partial charge is 0.478 e. The first kappa shape index (κ1) is 15.5. The van der Waals surface area contributed by atoms with Gasteiger partial charge in [-0.15, -0.1) is 0 Å². The molecule has 5 N–H and O–H groups in total. The minimum Gasteiger partial charge on any atom is -0.478 e. The summed E-state index contributed by atoms with van der Waals surface area (Å²) in [6.45, 7) is 1.36. The van der Waals surface area contributed by atoms with Crippen molar-refractivity contribution in [2.45, 2.75) is 19.1 Å². The summed E-state index contributed by atoms with van der Waals surface area (Å²) in [5.41, 5.74) is 5.97. The molecule has 0 heterocycles. The minimum absolute atomic E-state index is 0.000973. The van der Waals surface area contributed by atoms with Crippen LogP contribution in [0.25, 0.3) is 0 Å². The molecule has 0 bridgehead atoms. The number of thioether (sulfide) groups is 1. The fourth-order valence-corrected chi connectivity index (χ4v) is 2.07. The number of hydrogen-bond acceptors (Lipinski definition) is 6. The molecule has 1 aromatic rings. The Hall–Kier alpha value is -1.57. The quantitative estimate of drug-likeness (QED) is 0.586. The highest BCUT2D eigenvalue weighted by molar-refractivity contribution is 8.13. The molecule has 0 fully saturated rings. The highest BCUT2D eigenvalue weighted by Crippen LogP contribution is 2.26. The van der Waals surface area contributed by atoms with E-state index in [4.69, 9.17) is 10.8 Å². The molecule has 1 rings (SSSR count). The molecule has 104 valence electrons. The Kier molecular flexibility index (Phi) is 5.34. The fraction of sp³-hybridized carbons (Fsp3) is 0.333. The number of nitrogens with two attached hydrogens (primary N) is 1. The second-order valence-electron chi connectivity index (χ2n) is 3.96. The summed E-state index contributed by atoms with van der Waals surface area (Å²) in [5.74, 6) is -1.09. The Labute approximate surface area is 114 Å². The zero-order valence-electron chi connectivity index (χ0n) is 10.2. The lowest BCUT2D eigenvalue weighted by Gasteiger charge is -2.19. The molecule has 7 heteroatoms. The van der Waals surface area contributed by atoms with Gasteiger partial charge in [-0.1, -0.05) is 17.8 Å². The van der Waals surface area contributed by atoms with Crippen molar-refractivity contribution in [2.75, 3.05) is 11.5 Å². The minimum atomic E-state index is -1.27. The van der Waals surface area contributed by atoms with Crippen LogP contribution in [0.15, 0.2) is 18.2 Å². The van der Waals surface area contributed by atoms with E-state index in [0.29, 0.717) is 0 Å². The van der Waals surface area contributed by atoms with Crippen molar-refractivity contribution < 1.29 is 24.9 Å².